The Balaban J connectivity index is 3.79. The zero-order valence-corrected chi connectivity index (χ0v) is 7.05. The van der Waals surface area contributed by atoms with E-state index in [4.69, 9.17) is 0 Å². The molecule has 0 aromatic rings. The van der Waals surface area contributed by atoms with Gasteiger partial charge in [0.05, 0.1) is 6.61 Å². The molecule has 0 aromatic heterocycles. The van der Waals surface area contributed by atoms with Crippen molar-refractivity contribution in [2.45, 2.75) is 20.3 Å². The van der Waals surface area contributed by atoms with E-state index in [2.05, 4.69) is 21.5 Å². The lowest BCUT2D eigenvalue weighted by atomic mass is 10.5. The minimum Gasteiger partial charge on any atom is -0.458 e. The third kappa shape index (κ3) is 4.34. The second kappa shape index (κ2) is 6.23. The molecule has 0 unspecified atom stereocenters. The van der Waals surface area contributed by atoms with Crippen molar-refractivity contribution < 1.29 is 19.1 Å². The van der Waals surface area contributed by atoms with Crippen molar-refractivity contribution in [3.05, 3.63) is 0 Å². The number of hydrogen-bond donors (Lipinski definition) is 0. The summed E-state index contributed by atoms with van der Waals surface area (Å²) in [6.07, 6.45) is 2.64. The zero-order chi connectivity index (χ0) is 9.40. The third-order valence-corrected chi connectivity index (χ3v) is 0.835. The van der Waals surface area contributed by atoms with Gasteiger partial charge in [0.2, 0.25) is 0 Å². The van der Waals surface area contributed by atoms with Gasteiger partial charge in [0, 0.05) is 6.42 Å². The maximum absolute atomic E-state index is 10.6. The Bertz CT molecular complexity index is 221. The van der Waals surface area contributed by atoms with Gasteiger partial charge in [-0.05, 0) is 6.92 Å². The van der Waals surface area contributed by atoms with Crippen LogP contribution < -0.4 is 0 Å². The van der Waals surface area contributed by atoms with E-state index in [-0.39, 0.29) is 6.61 Å². The average Bonchev–Trinajstić information content (AvgIpc) is 2.05. The van der Waals surface area contributed by atoms with E-state index in [1.807, 2.05) is 0 Å². The van der Waals surface area contributed by atoms with Crippen LogP contribution in [-0.2, 0) is 19.1 Å². The first-order valence-electron chi connectivity index (χ1n) is 3.58. The Morgan fingerprint density at radius 3 is 2.42 bits per heavy atom. The standard InChI is InChI=1S/C8H10O4/c1-3-5-6-12-8(10)7(9)11-4-2/h3-4H2,1-2H3. The molecule has 0 aliphatic rings. The van der Waals surface area contributed by atoms with Gasteiger partial charge in [-0.2, -0.15) is 0 Å². The van der Waals surface area contributed by atoms with E-state index in [1.165, 1.54) is 0 Å². The van der Waals surface area contributed by atoms with E-state index in [1.54, 1.807) is 13.8 Å². The van der Waals surface area contributed by atoms with Gasteiger partial charge in [0.15, 0.2) is 0 Å². The van der Waals surface area contributed by atoms with Crippen molar-refractivity contribution in [3.63, 3.8) is 0 Å². The maximum Gasteiger partial charge on any atom is 0.431 e. The molecule has 12 heavy (non-hydrogen) atoms. The summed E-state index contributed by atoms with van der Waals surface area (Å²) < 4.78 is 8.58. The molecule has 0 heterocycles. The summed E-state index contributed by atoms with van der Waals surface area (Å²) in [7, 11) is 0. The number of rotatable bonds is 1. The predicted molar refractivity (Wildman–Crippen MR) is 40.8 cm³/mol. The van der Waals surface area contributed by atoms with Crippen LogP contribution in [0.3, 0.4) is 0 Å². The number of hydrogen-bond acceptors (Lipinski definition) is 4. The van der Waals surface area contributed by atoms with Crippen LogP contribution in [0.15, 0.2) is 0 Å². The Morgan fingerprint density at radius 1 is 1.25 bits per heavy atom. The Hall–Kier alpha value is -1.50. The van der Waals surface area contributed by atoms with Crippen molar-refractivity contribution >= 4 is 11.9 Å². The van der Waals surface area contributed by atoms with Crippen LogP contribution in [0.2, 0.25) is 0 Å². The number of esters is 2. The minimum atomic E-state index is -1.07. The van der Waals surface area contributed by atoms with Crippen LogP contribution in [0.1, 0.15) is 20.3 Å². The summed E-state index contributed by atoms with van der Waals surface area (Å²) >= 11 is 0. The van der Waals surface area contributed by atoms with Gasteiger partial charge in [-0.25, -0.2) is 9.59 Å². The number of carbonyl (C=O) groups is 2. The van der Waals surface area contributed by atoms with Gasteiger partial charge < -0.3 is 9.47 Å². The van der Waals surface area contributed by atoms with Crippen molar-refractivity contribution in [1.29, 1.82) is 0 Å². The highest BCUT2D eigenvalue weighted by Crippen LogP contribution is 1.82. The van der Waals surface area contributed by atoms with Crippen LogP contribution in [-0.4, -0.2) is 18.5 Å². The Morgan fingerprint density at radius 2 is 1.92 bits per heavy atom. The fourth-order valence-corrected chi connectivity index (χ4v) is 0.386. The highest BCUT2D eigenvalue weighted by Gasteiger charge is 2.15. The summed E-state index contributed by atoms with van der Waals surface area (Å²) in [5.41, 5.74) is 0. The van der Waals surface area contributed by atoms with Gasteiger partial charge in [-0.1, -0.05) is 12.8 Å². The molecule has 0 bridgehead atoms. The molecule has 4 nitrogen and oxygen atoms in total. The quantitative estimate of drug-likeness (QED) is 0.326. The molecule has 0 aliphatic carbocycles. The van der Waals surface area contributed by atoms with Crippen LogP contribution in [0.25, 0.3) is 0 Å². The van der Waals surface area contributed by atoms with Crippen LogP contribution >= 0.6 is 0 Å². The Kier molecular flexibility index (Phi) is 5.45. The summed E-state index contributed by atoms with van der Waals surface area (Å²) in [6, 6.07) is 0. The molecule has 0 amide bonds. The monoisotopic (exact) mass is 170 g/mol. The van der Waals surface area contributed by atoms with Gasteiger partial charge in [-0.15, -0.1) is 0 Å². The Labute approximate surface area is 70.8 Å². The minimum absolute atomic E-state index is 0.148. The molecule has 0 spiro atoms. The normalized spacial score (nSPS) is 7.83. The summed E-state index contributed by atoms with van der Waals surface area (Å²) in [5.74, 6) is 0.393. The highest BCUT2D eigenvalue weighted by molar-refractivity contribution is 6.29. The zero-order valence-electron chi connectivity index (χ0n) is 7.05. The maximum atomic E-state index is 10.6. The third-order valence-electron chi connectivity index (χ3n) is 0.835. The van der Waals surface area contributed by atoms with Gasteiger partial charge >= 0.3 is 11.9 Å². The summed E-state index contributed by atoms with van der Waals surface area (Å²) in [5, 5.41) is 0. The first kappa shape index (κ1) is 10.5. The average molecular weight is 170 g/mol. The van der Waals surface area contributed by atoms with Crippen LogP contribution in [0, 0.1) is 12.0 Å². The molecular weight excluding hydrogens is 160 g/mol. The number of ether oxygens (including phenoxy) is 2. The van der Waals surface area contributed by atoms with Crippen LogP contribution in [0.4, 0.5) is 0 Å². The second-order valence-electron chi connectivity index (χ2n) is 1.74. The predicted octanol–water partition coefficient (Wildman–Crippen LogP) is 0.464. The molecule has 0 N–H and O–H groups in total. The fraction of sp³-hybridized carbons (Fsp3) is 0.500. The topological polar surface area (TPSA) is 52.6 Å². The van der Waals surface area contributed by atoms with E-state index in [9.17, 15) is 9.59 Å². The molecule has 0 radical (unpaired) electrons. The second-order valence-corrected chi connectivity index (χ2v) is 1.74. The van der Waals surface area contributed by atoms with Gasteiger partial charge in [-0.3, -0.25) is 0 Å². The molecule has 0 fully saturated rings. The largest absolute Gasteiger partial charge is 0.458 e. The highest BCUT2D eigenvalue weighted by atomic mass is 16.6. The molecular formula is C8H10O4. The van der Waals surface area contributed by atoms with Crippen molar-refractivity contribution in [2.24, 2.45) is 0 Å². The molecule has 4 heteroatoms. The van der Waals surface area contributed by atoms with E-state index < -0.39 is 11.9 Å². The SMILES string of the molecule is CCC#COC(=O)C(=O)OCC. The molecule has 0 aromatic carbocycles. The number of carbonyl (C=O) groups excluding carboxylic acids is 2. The molecule has 0 atom stereocenters. The molecule has 0 aliphatic heterocycles. The van der Waals surface area contributed by atoms with Crippen molar-refractivity contribution in [3.8, 4) is 12.0 Å². The first-order chi connectivity index (χ1) is 5.72. The van der Waals surface area contributed by atoms with E-state index >= 15 is 0 Å². The smallest absolute Gasteiger partial charge is 0.431 e. The van der Waals surface area contributed by atoms with Crippen molar-refractivity contribution in [2.75, 3.05) is 6.61 Å². The lowest BCUT2D eigenvalue weighted by Gasteiger charge is -1.95. The molecule has 0 rings (SSSR count). The lowest BCUT2D eigenvalue weighted by molar-refractivity contribution is -0.163. The summed E-state index contributed by atoms with van der Waals surface area (Å²) in [6.45, 7) is 3.54. The van der Waals surface area contributed by atoms with Gasteiger partial charge in [0.25, 0.3) is 0 Å². The van der Waals surface area contributed by atoms with E-state index in [0.29, 0.717) is 6.42 Å². The van der Waals surface area contributed by atoms with Crippen molar-refractivity contribution in [1.82, 2.24) is 0 Å². The molecule has 66 valence electrons. The summed E-state index contributed by atoms with van der Waals surface area (Å²) in [4.78, 5) is 21.2. The van der Waals surface area contributed by atoms with Crippen LogP contribution in [0.5, 0.6) is 0 Å². The first-order valence-corrected chi connectivity index (χ1v) is 3.58. The lowest BCUT2D eigenvalue weighted by Crippen LogP contribution is -2.18. The van der Waals surface area contributed by atoms with E-state index in [0.717, 1.165) is 0 Å². The van der Waals surface area contributed by atoms with Gasteiger partial charge in [0.1, 0.15) is 6.11 Å². The molecule has 0 saturated heterocycles. The molecule has 0 saturated carbocycles. The fourth-order valence-electron chi connectivity index (χ4n) is 0.386.